The number of ether oxygens (including phenoxy) is 1. The topological polar surface area (TPSA) is 141 Å². The van der Waals surface area contributed by atoms with Gasteiger partial charge in [0.05, 0.1) is 6.61 Å². The molecule has 23 heavy (non-hydrogen) atoms. The number of aliphatic hydroxyl groups excluding tert-OH is 4. The molecule has 1 aromatic heterocycles. The average molecular weight is 329 g/mol. The molecule has 9 nitrogen and oxygen atoms in total. The molecule has 3 rings (SSSR count). The molecule has 1 saturated heterocycles. The Balaban J connectivity index is 1.68. The third-order valence-corrected chi connectivity index (χ3v) is 4.52. The maximum atomic E-state index is 10.0. The molecular formula is C14H23N3O6. The standard InChI is InChI=1S/C14H23N3O6/c18-6-8-9(19)10(20)11(21)12(22-8)13-16-14(23-17-13)15-7-4-2-1-3-5-7/h7-12,18-21H,1-6H2,(H,15,16,17)/t8-,9-,10+,11-,12-/m1/s1. The van der Waals surface area contributed by atoms with Crippen molar-refractivity contribution in [2.75, 3.05) is 11.9 Å². The summed E-state index contributed by atoms with van der Waals surface area (Å²) in [5.41, 5.74) is 0. The van der Waals surface area contributed by atoms with Crippen LogP contribution in [0.1, 0.15) is 44.0 Å². The second-order valence-electron chi connectivity index (χ2n) is 6.19. The van der Waals surface area contributed by atoms with Crippen molar-refractivity contribution < 1.29 is 29.7 Å². The number of hydrogen-bond donors (Lipinski definition) is 5. The molecule has 0 spiro atoms. The Bertz CT molecular complexity index is 504. The van der Waals surface area contributed by atoms with Crippen molar-refractivity contribution in [3.05, 3.63) is 5.82 Å². The maximum absolute atomic E-state index is 10.0. The molecule has 1 aliphatic heterocycles. The summed E-state index contributed by atoms with van der Waals surface area (Å²) < 4.78 is 10.5. The molecule has 5 atom stereocenters. The fourth-order valence-electron chi connectivity index (χ4n) is 3.15. The summed E-state index contributed by atoms with van der Waals surface area (Å²) in [4.78, 5) is 4.16. The highest BCUT2D eigenvalue weighted by molar-refractivity contribution is 5.22. The van der Waals surface area contributed by atoms with Crippen molar-refractivity contribution >= 4 is 6.01 Å². The first-order valence-electron chi connectivity index (χ1n) is 8.01. The molecule has 2 fully saturated rings. The van der Waals surface area contributed by atoms with E-state index in [1.165, 1.54) is 6.42 Å². The van der Waals surface area contributed by atoms with Crippen LogP contribution in [-0.2, 0) is 4.74 Å². The Kier molecular flexibility index (Phi) is 5.12. The van der Waals surface area contributed by atoms with E-state index in [1.54, 1.807) is 0 Å². The van der Waals surface area contributed by atoms with E-state index in [0.717, 1.165) is 25.7 Å². The molecule has 130 valence electrons. The van der Waals surface area contributed by atoms with E-state index in [-0.39, 0.29) is 17.9 Å². The predicted molar refractivity (Wildman–Crippen MR) is 77.5 cm³/mol. The van der Waals surface area contributed by atoms with E-state index in [1.807, 2.05) is 0 Å². The summed E-state index contributed by atoms with van der Waals surface area (Å²) in [5, 5.41) is 45.8. The minimum Gasteiger partial charge on any atom is -0.394 e. The quantitative estimate of drug-likeness (QED) is 0.486. The van der Waals surface area contributed by atoms with Gasteiger partial charge in [-0.1, -0.05) is 24.4 Å². The molecule has 1 aromatic rings. The van der Waals surface area contributed by atoms with Crippen molar-refractivity contribution in [1.82, 2.24) is 10.1 Å². The fraction of sp³-hybridized carbons (Fsp3) is 0.857. The minimum absolute atomic E-state index is 0.0696. The van der Waals surface area contributed by atoms with E-state index in [4.69, 9.17) is 9.26 Å². The van der Waals surface area contributed by atoms with Crippen LogP contribution in [0.2, 0.25) is 0 Å². The van der Waals surface area contributed by atoms with Crippen LogP contribution in [0.5, 0.6) is 0 Å². The van der Waals surface area contributed by atoms with Crippen LogP contribution in [0.25, 0.3) is 0 Å². The number of aliphatic hydroxyl groups is 4. The van der Waals surface area contributed by atoms with Gasteiger partial charge in [-0.05, 0) is 12.8 Å². The Morgan fingerprint density at radius 3 is 2.48 bits per heavy atom. The van der Waals surface area contributed by atoms with Gasteiger partial charge in [0.1, 0.15) is 30.5 Å². The Labute approximate surface area is 133 Å². The lowest BCUT2D eigenvalue weighted by molar-refractivity contribution is -0.233. The van der Waals surface area contributed by atoms with Crippen molar-refractivity contribution in [2.45, 2.75) is 68.7 Å². The maximum Gasteiger partial charge on any atom is 0.321 e. The summed E-state index contributed by atoms with van der Waals surface area (Å²) in [5.74, 6) is 0.0696. The average Bonchev–Trinajstić information content (AvgIpc) is 3.02. The van der Waals surface area contributed by atoms with E-state index in [9.17, 15) is 20.4 Å². The molecule has 2 heterocycles. The summed E-state index contributed by atoms with van der Waals surface area (Å²) in [6, 6.07) is 0.524. The van der Waals surface area contributed by atoms with Crippen LogP contribution in [0.15, 0.2) is 4.52 Å². The summed E-state index contributed by atoms with van der Waals surface area (Å²) >= 11 is 0. The SMILES string of the molecule is OC[C@H]1O[C@@H](c2noc(NC3CCCCC3)n2)[C@H](O)[C@@H](O)[C@@H]1O. The molecule has 9 heteroatoms. The third-order valence-electron chi connectivity index (χ3n) is 4.52. The number of rotatable bonds is 4. The second-order valence-corrected chi connectivity index (χ2v) is 6.19. The molecule has 0 aromatic carbocycles. The number of nitrogens with zero attached hydrogens (tertiary/aromatic N) is 2. The van der Waals surface area contributed by atoms with Crippen LogP contribution in [-0.4, -0.2) is 67.6 Å². The highest BCUT2D eigenvalue weighted by Gasteiger charge is 2.45. The van der Waals surface area contributed by atoms with E-state index in [2.05, 4.69) is 15.5 Å². The predicted octanol–water partition coefficient (Wildman–Crippen LogP) is -0.671. The smallest absolute Gasteiger partial charge is 0.321 e. The van der Waals surface area contributed by atoms with Crippen molar-refractivity contribution in [1.29, 1.82) is 0 Å². The lowest BCUT2D eigenvalue weighted by atomic mass is 9.95. The zero-order chi connectivity index (χ0) is 16.4. The second kappa shape index (κ2) is 7.10. The van der Waals surface area contributed by atoms with Gasteiger partial charge in [0.2, 0.25) is 5.82 Å². The summed E-state index contributed by atoms with van der Waals surface area (Å²) in [7, 11) is 0. The number of hydrogen-bond acceptors (Lipinski definition) is 9. The number of anilines is 1. The molecule has 0 radical (unpaired) electrons. The molecule has 0 amide bonds. The van der Waals surface area contributed by atoms with Gasteiger partial charge in [-0.3, -0.25) is 0 Å². The molecule has 0 unspecified atom stereocenters. The monoisotopic (exact) mass is 329 g/mol. The summed E-state index contributed by atoms with van der Waals surface area (Å²) in [6.07, 6.45) is -0.711. The van der Waals surface area contributed by atoms with Crippen LogP contribution in [0.4, 0.5) is 6.01 Å². The Morgan fingerprint density at radius 2 is 1.78 bits per heavy atom. The van der Waals surface area contributed by atoms with Crippen LogP contribution in [0.3, 0.4) is 0 Å². The van der Waals surface area contributed by atoms with E-state index >= 15 is 0 Å². The van der Waals surface area contributed by atoms with E-state index < -0.39 is 37.1 Å². The van der Waals surface area contributed by atoms with Crippen LogP contribution < -0.4 is 5.32 Å². The first-order chi connectivity index (χ1) is 11.1. The van der Waals surface area contributed by atoms with Gasteiger partial charge in [0, 0.05) is 6.04 Å². The number of nitrogens with one attached hydrogen (secondary N) is 1. The third kappa shape index (κ3) is 3.48. The lowest BCUT2D eigenvalue weighted by Crippen LogP contribution is -2.55. The van der Waals surface area contributed by atoms with Gasteiger partial charge < -0.3 is 35.0 Å². The molecular weight excluding hydrogens is 306 g/mol. The van der Waals surface area contributed by atoms with Crippen LogP contribution in [0, 0.1) is 0 Å². The normalized spacial score (nSPS) is 36.1. The molecule has 2 aliphatic rings. The largest absolute Gasteiger partial charge is 0.394 e. The first kappa shape index (κ1) is 16.6. The lowest BCUT2D eigenvalue weighted by Gasteiger charge is -2.38. The Morgan fingerprint density at radius 1 is 1.04 bits per heavy atom. The van der Waals surface area contributed by atoms with Crippen molar-refractivity contribution in [3.8, 4) is 0 Å². The molecule has 0 bridgehead atoms. The highest BCUT2D eigenvalue weighted by atomic mass is 16.6. The highest BCUT2D eigenvalue weighted by Crippen LogP contribution is 2.31. The van der Waals surface area contributed by atoms with Gasteiger partial charge in [-0.15, -0.1) is 0 Å². The number of aromatic nitrogens is 2. The summed E-state index contributed by atoms with van der Waals surface area (Å²) in [6.45, 7) is -0.494. The minimum atomic E-state index is -1.46. The van der Waals surface area contributed by atoms with Gasteiger partial charge in [0.15, 0.2) is 0 Å². The van der Waals surface area contributed by atoms with Crippen molar-refractivity contribution in [3.63, 3.8) is 0 Å². The van der Waals surface area contributed by atoms with Gasteiger partial charge >= 0.3 is 6.01 Å². The Hall–Kier alpha value is -1.26. The van der Waals surface area contributed by atoms with E-state index in [0.29, 0.717) is 0 Å². The zero-order valence-electron chi connectivity index (χ0n) is 12.7. The fourth-order valence-corrected chi connectivity index (χ4v) is 3.15. The zero-order valence-corrected chi connectivity index (χ0v) is 12.7. The molecule has 1 aliphatic carbocycles. The van der Waals surface area contributed by atoms with Crippen molar-refractivity contribution in [2.24, 2.45) is 0 Å². The van der Waals surface area contributed by atoms with Gasteiger partial charge in [-0.2, -0.15) is 4.98 Å². The molecule has 5 N–H and O–H groups in total. The first-order valence-corrected chi connectivity index (χ1v) is 8.01. The van der Waals surface area contributed by atoms with Crippen LogP contribution >= 0.6 is 0 Å². The van der Waals surface area contributed by atoms with Gasteiger partial charge in [-0.25, -0.2) is 0 Å². The van der Waals surface area contributed by atoms with Gasteiger partial charge in [0.25, 0.3) is 0 Å². The molecule has 1 saturated carbocycles.